The summed E-state index contributed by atoms with van der Waals surface area (Å²) >= 11 is 5.63. The molecule has 0 atom stereocenters. The number of halogens is 4. The van der Waals surface area contributed by atoms with E-state index in [1.807, 2.05) is 32.0 Å². The van der Waals surface area contributed by atoms with Crippen molar-refractivity contribution >= 4 is 23.1 Å². The van der Waals surface area contributed by atoms with Crippen LogP contribution in [0.15, 0.2) is 30.3 Å². The molecule has 0 radical (unpaired) electrons. The van der Waals surface area contributed by atoms with E-state index >= 15 is 0 Å². The van der Waals surface area contributed by atoms with E-state index in [1.165, 1.54) is 0 Å². The van der Waals surface area contributed by atoms with E-state index in [9.17, 15) is 13.2 Å². The van der Waals surface area contributed by atoms with Crippen LogP contribution in [0.25, 0.3) is 0 Å². The fraction of sp³-hybridized carbons (Fsp3) is 0.214. The van der Waals surface area contributed by atoms with Crippen molar-refractivity contribution in [1.82, 2.24) is 4.98 Å². The van der Waals surface area contributed by atoms with Gasteiger partial charge in [0.1, 0.15) is 11.0 Å². The average molecular weight is 301 g/mol. The van der Waals surface area contributed by atoms with Crippen LogP contribution in [0.2, 0.25) is 5.15 Å². The largest absolute Gasteiger partial charge is 0.416 e. The minimum absolute atomic E-state index is 0.0647. The summed E-state index contributed by atoms with van der Waals surface area (Å²) in [6, 6.07) is 7.35. The summed E-state index contributed by atoms with van der Waals surface area (Å²) in [5.74, 6) is 0.0647. The molecule has 0 unspecified atom stereocenters. The number of aryl methyl sites for hydroxylation is 2. The van der Waals surface area contributed by atoms with Gasteiger partial charge in [-0.05, 0) is 49.2 Å². The van der Waals surface area contributed by atoms with Gasteiger partial charge >= 0.3 is 6.18 Å². The molecule has 20 heavy (non-hydrogen) atoms. The highest BCUT2D eigenvalue weighted by Gasteiger charge is 2.31. The summed E-state index contributed by atoms with van der Waals surface area (Å²) in [5.41, 5.74) is 1.85. The fourth-order valence-corrected chi connectivity index (χ4v) is 2.13. The second kappa shape index (κ2) is 5.32. The van der Waals surface area contributed by atoms with Crippen LogP contribution in [0.1, 0.15) is 16.7 Å². The fourth-order valence-electron chi connectivity index (χ4n) is 1.92. The number of hydrogen-bond donors (Lipinski definition) is 1. The molecule has 0 spiro atoms. The van der Waals surface area contributed by atoms with Crippen LogP contribution in [-0.2, 0) is 6.18 Å². The first-order valence-corrected chi connectivity index (χ1v) is 6.22. The van der Waals surface area contributed by atoms with Crippen molar-refractivity contribution in [2.75, 3.05) is 5.32 Å². The molecule has 1 heterocycles. The lowest BCUT2D eigenvalue weighted by Crippen LogP contribution is -2.06. The Hall–Kier alpha value is -1.75. The van der Waals surface area contributed by atoms with Gasteiger partial charge in [0, 0.05) is 5.69 Å². The molecule has 2 rings (SSSR count). The zero-order chi connectivity index (χ0) is 14.9. The lowest BCUT2D eigenvalue weighted by molar-refractivity contribution is -0.137. The van der Waals surface area contributed by atoms with Crippen LogP contribution in [0.5, 0.6) is 0 Å². The lowest BCUT2D eigenvalue weighted by atomic mass is 10.1. The van der Waals surface area contributed by atoms with Gasteiger partial charge in [-0.15, -0.1) is 0 Å². The van der Waals surface area contributed by atoms with Gasteiger partial charge in [0.25, 0.3) is 0 Å². The number of nitrogens with zero attached hydrogens (tertiary/aromatic N) is 1. The SMILES string of the molecule is Cc1cc(C)cc(Nc2cc(C(F)(F)F)cc(Cl)n2)c1. The molecule has 106 valence electrons. The number of pyridine rings is 1. The molecule has 0 fully saturated rings. The Labute approximate surface area is 119 Å². The number of aromatic nitrogens is 1. The monoisotopic (exact) mass is 300 g/mol. The number of alkyl halides is 3. The van der Waals surface area contributed by atoms with Crippen LogP contribution < -0.4 is 5.32 Å². The summed E-state index contributed by atoms with van der Waals surface area (Å²) in [5, 5.41) is 2.64. The van der Waals surface area contributed by atoms with Crippen molar-refractivity contribution in [2.24, 2.45) is 0 Å². The maximum Gasteiger partial charge on any atom is 0.416 e. The van der Waals surface area contributed by atoms with Crippen LogP contribution in [-0.4, -0.2) is 4.98 Å². The first-order valence-electron chi connectivity index (χ1n) is 5.84. The molecule has 0 aliphatic rings. The normalized spacial score (nSPS) is 11.5. The topological polar surface area (TPSA) is 24.9 Å². The minimum Gasteiger partial charge on any atom is -0.340 e. The van der Waals surface area contributed by atoms with Gasteiger partial charge in [0.15, 0.2) is 0 Å². The molecule has 6 heteroatoms. The molecule has 0 saturated carbocycles. The van der Waals surface area contributed by atoms with Crippen LogP contribution in [0, 0.1) is 13.8 Å². The zero-order valence-corrected chi connectivity index (χ0v) is 11.6. The van der Waals surface area contributed by atoms with E-state index in [-0.39, 0.29) is 11.0 Å². The summed E-state index contributed by atoms with van der Waals surface area (Å²) in [6.45, 7) is 3.81. The quantitative estimate of drug-likeness (QED) is 0.779. The van der Waals surface area contributed by atoms with E-state index in [1.54, 1.807) is 0 Å². The maximum absolute atomic E-state index is 12.7. The van der Waals surface area contributed by atoms with Gasteiger partial charge in [-0.25, -0.2) is 4.98 Å². The molecule has 2 aromatic rings. The number of anilines is 2. The Balaban J connectivity index is 2.36. The van der Waals surface area contributed by atoms with Gasteiger partial charge in [-0.1, -0.05) is 17.7 Å². The highest BCUT2D eigenvalue weighted by Crippen LogP contribution is 2.32. The van der Waals surface area contributed by atoms with Gasteiger partial charge < -0.3 is 5.32 Å². The van der Waals surface area contributed by atoms with Crippen molar-refractivity contribution in [3.05, 3.63) is 52.2 Å². The molecule has 1 N–H and O–H groups in total. The third-order valence-corrected chi connectivity index (χ3v) is 2.81. The third-order valence-electron chi connectivity index (χ3n) is 2.62. The van der Waals surface area contributed by atoms with Gasteiger partial charge in [0.05, 0.1) is 5.56 Å². The van der Waals surface area contributed by atoms with Crippen LogP contribution >= 0.6 is 11.6 Å². The molecule has 0 bridgehead atoms. The highest BCUT2D eigenvalue weighted by atomic mass is 35.5. The molecule has 0 saturated heterocycles. The summed E-state index contributed by atoms with van der Waals surface area (Å²) in [4.78, 5) is 3.86. The van der Waals surface area contributed by atoms with Crippen LogP contribution in [0.4, 0.5) is 24.7 Å². The van der Waals surface area contributed by atoms with Crippen molar-refractivity contribution in [1.29, 1.82) is 0 Å². The summed E-state index contributed by atoms with van der Waals surface area (Å²) in [6.07, 6.45) is -4.45. The van der Waals surface area contributed by atoms with Crippen molar-refractivity contribution in [3.63, 3.8) is 0 Å². The van der Waals surface area contributed by atoms with E-state index in [0.29, 0.717) is 5.69 Å². The first-order chi connectivity index (χ1) is 9.24. The van der Waals surface area contributed by atoms with E-state index in [0.717, 1.165) is 23.3 Å². The average Bonchev–Trinajstić information content (AvgIpc) is 2.25. The number of nitrogens with one attached hydrogen (secondary N) is 1. The molecule has 2 nitrogen and oxygen atoms in total. The second-order valence-electron chi connectivity index (χ2n) is 4.56. The Morgan fingerprint density at radius 3 is 2.15 bits per heavy atom. The van der Waals surface area contributed by atoms with Gasteiger partial charge in [-0.2, -0.15) is 13.2 Å². The first kappa shape index (κ1) is 14.7. The predicted molar refractivity (Wildman–Crippen MR) is 73.4 cm³/mol. The summed E-state index contributed by atoms with van der Waals surface area (Å²) < 4.78 is 38.1. The van der Waals surface area contributed by atoms with Gasteiger partial charge in [-0.3, -0.25) is 0 Å². The predicted octanol–water partition coefficient (Wildman–Crippen LogP) is 5.11. The minimum atomic E-state index is -4.45. The molecule has 0 amide bonds. The van der Waals surface area contributed by atoms with Crippen molar-refractivity contribution < 1.29 is 13.2 Å². The number of benzene rings is 1. The van der Waals surface area contributed by atoms with Crippen molar-refractivity contribution in [2.45, 2.75) is 20.0 Å². The smallest absolute Gasteiger partial charge is 0.340 e. The lowest BCUT2D eigenvalue weighted by Gasteiger charge is -2.11. The molecule has 1 aromatic carbocycles. The van der Waals surface area contributed by atoms with Crippen molar-refractivity contribution in [3.8, 4) is 0 Å². The molecule has 1 aromatic heterocycles. The zero-order valence-electron chi connectivity index (χ0n) is 10.8. The second-order valence-corrected chi connectivity index (χ2v) is 4.95. The number of rotatable bonds is 2. The van der Waals surface area contributed by atoms with Gasteiger partial charge in [0.2, 0.25) is 0 Å². The maximum atomic E-state index is 12.7. The molecule has 0 aliphatic carbocycles. The van der Waals surface area contributed by atoms with E-state index in [4.69, 9.17) is 11.6 Å². The molecular formula is C14H12ClF3N2. The summed E-state index contributed by atoms with van der Waals surface area (Å²) in [7, 11) is 0. The Morgan fingerprint density at radius 1 is 1.00 bits per heavy atom. The molecule has 0 aliphatic heterocycles. The Kier molecular flexibility index (Phi) is 3.90. The molecular weight excluding hydrogens is 289 g/mol. The highest BCUT2D eigenvalue weighted by molar-refractivity contribution is 6.29. The Morgan fingerprint density at radius 2 is 1.60 bits per heavy atom. The third kappa shape index (κ3) is 3.63. The Bertz CT molecular complexity index is 619. The van der Waals surface area contributed by atoms with Crippen LogP contribution in [0.3, 0.4) is 0 Å². The van der Waals surface area contributed by atoms with E-state index in [2.05, 4.69) is 10.3 Å². The standard InChI is InChI=1S/C14H12ClF3N2/c1-8-3-9(2)5-11(4-8)19-13-7-10(14(16,17)18)6-12(15)20-13/h3-7H,1-2H3,(H,19,20). The number of hydrogen-bond acceptors (Lipinski definition) is 2. The van der Waals surface area contributed by atoms with E-state index < -0.39 is 11.7 Å².